The van der Waals surface area contributed by atoms with Crippen molar-refractivity contribution in [2.24, 2.45) is 0 Å². The third kappa shape index (κ3) is 3.65. The van der Waals surface area contributed by atoms with Crippen LogP contribution in [0.2, 0.25) is 0 Å². The molecule has 3 rings (SSSR count). The van der Waals surface area contributed by atoms with Crippen molar-refractivity contribution in [2.45, 2.75) is 34.6 Å². The van der Waals surface area contributed by atoms with E-state index >= 15 is 0 Å². The molecule has 25 heavy (non-hydrogen) atoms. The number of hydrogen-bond donors (Lipinski definition) is 0. The maximum absolute atomic E-state index is 5.45. The fraction of sp³-hybridized carbons (Fsp3) is 0.389. The van der Waals surface area contributed by atoms with Crippen molar-refractivity contribution in [3.63, 3.8) is 0 Å². The Kier molecular flexibility index (Phi) is 4.74. The smallest absolute Gasteiger partial charge is 0.277 e. The molecule has 0 bridgehead atoms. The highest BCUT2D eigenvalue weighted by Gasteiger charge is 2.16. The minimum Gasteiger partial charge on any atom is -0.341 e. The molecule has 7 nitrogen and oxygen atoms in total. The van der Waals surface area contributed by atoms with Crippen LogP contribution >= 0.6 is 0 Å². The molecular weight excluding hydrogens is 316 g/mol. The lowest BCUT2D eigenvalue weighted by molar-refractivity contribution is 0.431. The van der Waals surface area contributed by atoms with Crippen LogP contribution in [0, 0.1) is 20.8 Å². The lowest BCUT2D eigenvalue weighted by Crippen LogP contribution is -2.24. The molecule has 0 saturated heterocycles. The number of aryl methyl sites for hydroxylation is 3. The molecular formula is C18H22N6O. The van der Waals surface area contributed by atoms with Crippen LogP contribution < -0.4 is 4.90 Å². The minimum atomic E-state index is 0.390. The molecule has 3 heterocycles. The standard InChI is InChI=1S/C18H22N6O/c1-6-24(7-2)18-20-13(5)10-15(21-18)17-22-16(23-25-17)14-8-11(3)19-12(4)9-14/h8-10H,6-7H2,1-5H3. The average molecular weight is 338 g/mol. The zero-order valence-electron chi connectivity index (χ0n) is 15.2. The summed E-state index contributed by atoms with van der Waals surface area (Å²) in [6, 6.07) is 5.73. The van der Waals surface area contributed by atoms with Crippen LogP contribution in [-0.4, -0.2) is 38.2 Å². The first-order valence-corrected chi connectivity index (χ1v) is 8.40. The Labute approximate surface area is 147 Å². The van der Waals surface area contributed by atoms with E-state index in [4.69, 9.17) is 4.52 Å². The molecule has 0 aliphatic carbocycles. The molecule has 3 aromatic rings. The third-order valence-corrected chi connectivity index (χ3v) is 3.87. The van der Waals surface area contributed by atoms with Crippen LogP contribution in [0.5, 0.6) is 0 Å². The van der Waals surface area contributed by atoms with Gasteiger partial charge in [-0.25, -0.2) is 9.97 Å². The number of anilines is 1. The summed E-state index contributed by atoms with van der Waals surface area (Å²) in [7, 11) is 0. The summed E-state index contributed by atoms with van der Waals surface area (Å²) in [6.45, 7) is 11.7. The summed E-state index contributed by atoms with van der Waals surface area (Å²) in [5, 5.41) is 4.10. The van der Waals surface area contributed by atoms with Gasteiger partial charge in [-0.05, 0) is 52.8 Å². The van der Waals surface area contributed by atoms with E-state index in [-0.39, 0.29) is 0 Å². The van der Waals surface area contributed by atoms with Gasteiger partial charge in [0.2, 0.25) is 11.8 Å². The van der Waals surface area contributed by atoms with Gasteiger partial charge in [-0.2, -0.15) is 4.98 Å². The third-order valence-electron chi connectivity index (χ3n) is 3.87. The predicted octanol–water partition coefficient (Wildman–Crippen LogP) is 3.36. The summed E-state index contributed by atoms with van der Waals surface area (Å²) in [5.74, 6) is 1.60. The highest BCUT2D eigenvalue weighted by Crippen LogP contribution is 2.23. The van der Waals surface area contributed by atoms with Crippen molar-refractivity contribution in [1.82, 2.24) is 25.1 Å². The van der Waals surface area contributed by atoms with Gasteiger partial charge >= 0.3 is 0 Å². The Balaban J connectivity index is 1.99. The monoisotopic (exact) mass is 338 g/mol. The zero-order valence-corrected chi connectivity index (χ0v) is 15.2. The van der Waals surface area contributed by atoms with Gasteiger partial charge in [0.15, 0.2) is 0 Å². The van der Waals surface area contributed by atoms with Crippen molar-refractivity contribution in [1.29, 1.82) is 0 Å². The molecule has 0 atom stereocenters. The van der Waals surface area contributed by atoms with Crippen LogP contribution in [0.25, 0.3) is 23.0 Å². The molecule has 0 amide bonds. The maximum Gasteiger partial charge on any atom is 0.277 e. The number of rotatable bonds is 5. The molecule has 0 aliphatic rings. The predicted molar refractivity (Wildman–Crippen MR) is 96.3 cm³/mol. The van der Waals surface area contributed by atoms with Crippen molar-refractivity contribution < 1.29 is 4.52 Å². The van der Waals surface area contributed by atoms with Crippen LogP contribution in [0.1, 0.15) is 30.9 Å². The number of hydrogen-bond acceptors (Lipinski definition) is 7. The fourth-order valence-electron chi connectivity index (χ4n) is 2.72. The molecule has 0 saturated carbocycles. The SMILES string of the molecule is CCN(CC)c1nc(C)cc(-c2nc(-c3cc(C)nc(C)c3)no2)n1. The largest absolute Gasteiger partial charge is 0.341 e. The molecule has 0 aliphatic heterocycles. The summed E-state index contributed by atoms with van der Waals surface area (Å²) in [4.78, 5) is 20.1. The Morgan fingerprint density at radius 2 is 1.48 bits per heavy atom. The van der Waals surface area contributed by atoms with E-state index in [1.165, 1.54) is 0 Å². The van der Waals surface area contributed by atoms with E-state index in [1.54, 1.807) is 0 Å². The van der Waals surface area contributed by atoms with Gasteiger partial charge in [-0.1, -0.05) is 5.16 Å². The quantitative estimate of drug-likeness (QED) is 0.705. The minimum absolute atomic E-state index is 0.390. The Bertz CT molecular complexity index is 865. The summed E-state index contributed by atoms with van der Waals surface area (Å²) < 4.78 is 5.45. The lowest BCUT2D eigenvalue weighted by Gasteiger charge is -2.18. The maximum atomic E-state index is 5.45. The van der Waals surface area contributed by atoms with Gasteiger partial charge in [0, 0.05) is 35.7 Å². The molecule has 0 fully saturated rings. The number of nitrogens with zero attached hydrogens (tertiary/aromatic N) is 6. The number of aromatic nitrogens is 5. The first-order valence-electron chi connectivity index (χ1n) is 8.40. The Morgan fingerprint density at radius 1 is 0.840 bits per heavy atom. The van der Waals surface area contributed by atoms with E-state index in [9.17, 15) is 0 Å². The van der Waals surface area contributed by atoms with Crippen molar-refractivity contribution in [2.75, 3.05) is 18.0 Å². The van der Waals surface area contributed by atoms with Gasteiger partial charge in [-0.3, -0.25) is 4.98 Å². The highest BCUT2D eigenvalue weighted by atomic mass is 16.5. The molecule has 0 aromatic carbocycles. The first kappa shape index (κ1) is 17.0. The van der Waals surface area contributed by atoms with E-state index in [2.05, 4.69) is 43.8 Å². The van der Waals surface area contributed by atoms with Gasteiger partial charge in [0.05, 0.1) is 0 Å². The average Bonchev–Trinajstić information content (AvgIpc) is 3.05. The summed E-state index contributed by atoms with van der Waals surface area (Å²) >= 11 is 0. The number of pyridine rings is 1. The molecule has 0 spiro atoms. The second-order valence-electron chi connectivity index (χ2n) is 5.93. The van der Waals surface area contributed by atoms with E-state index in [1.807, 2.05) is 39.0 Å². The molecule has 7 heteroatoms. The Morgan fingerprint density at radius 3 is 2.12 bits per heavy atom. The molecule has 0 radical (unpaired) electrons. The van der Waals surface area contributed by atoms with Gasteiger partial charge < -0.3 is 9.42 Å². The van der Waals surface area contributed by atoms with E-state index in [0.717, 1.165) is 35.7 Å². The van der Waals surface area contributed by atoms with Crippen LogP contribution in [0.4, 0.5) is 5.95 Å². The summed E-state index contributed by atoms with van der Waals surface area (Å²) in [6.07, 6.45) is 0. The lowest BCUT2D eigenvalue weighted by atomic mass is 10.2. The van der Waals surface area contributed by atoms with Crippen molar-refractivity contribution in [3.05, 3.63) is 35.3 Å². The van der Waals surface area contributed by atoms with Crippen molar-refractivity contribution >= 4 is 5.95 Å². The molecule has 130 valence electrons. The Hall–Kier alpha value is -2.83. The zero-order chi connectivity index (χ0) is 18.0. The van der Waals surface area contributed by atoms with E-state index in [0.29, 0.717) is 23.4 Å². The molecule has 0 unspecified atom stereocenters. The molecule has 3 aromatic heterocycles. The first-order chi connectivity index (χ1) is 12.0. The second-order valence-corrected chi connectivity index (χ2v) is 5.93. The van der Waals surface area contributed by atoms with Crippen LogP contribution in [0.3, 0.4) is 0 Å². The van der Waals surface area contributed by atoms with Gasteiger partial charge in [-0.15, -0.1) is 0 Å². The van der Waals surface area contributed by atoms with Gasteiger partial charge in [0.25, 0.3) is 5.89 Å². The van der Waals surface area contributed by atoms with Gasteiger partial charge in [0.1, 0.15) is 5.69 Å². The normalized spacial score (nSPS) is 10.9. The highest BCUT2D eigenvalue weighted by molar-refractivity contribution is 5.59. The molecule has 0 N–H and O–H groups in total. The van der Waals surface area contributed by atoms with Crippen LogP contribution in [-0.2, 0) is 0 Å². The summed E-state index contributed by atoms with van der Waals surface area (Å²) in [5.41, 5.74) is 4.22. The second kappa shape index (κ2) is 6.96. The van der Waals surface area contributed by atoms with Crippen LogP contribution in [0.15, 0.2) is 22.7 Å². The van der Waals surface area contributed by atoms with Crippen molar-refractivity contribution in [3.8, 4) is 23.0 Å². The van der Waals surface area contributed by atoms with E-state index < -0.39 is 0 Å². The topological polar surface area (TPSA) is 80.8 Å². The fourth-order valence-corrected chi connectivity index (χ4v) is 2.72.